The fourth-order valence-electron chi connectivity index (χ4n) is 3.66. The number of carbonyl (C=O) groups is 1. The molecule has 1 N–H and O–H groups in total. The van der Waals surface area contributed by atoms with Crippen LogP contribution in [-0.2, 0) is 9.53 Å². The summed E-state index contributed by atoms with van der Waals surface area (Å²) < 4.78 is 5.43. The lowest BCUT2D eigenvalue weighted by Gasteiger charge is -2.45. The average Bonchev–Trinajstić information content (AvgIpc) is 2.46. The van der Waals surface area contributed by atoms with E-state index < -0.39 is 0 Å². The molecule has 1 fully saturated rings. The van der Waals surface area contributed by atoms with Gasteiger partial charge in [0.05, 0.1) is 6.10 Å². The van der Waals surface area contributed by atoms with Gasteiger partial charge in [0.25, 0.3) is 0 Å². The average molecular weight is 325 g/mol. The Hall–Kier alpha value is -0.830. The molecule has 4 unspecified atom stereocenters. The minimum Gasteiger partial charge on any atom is -0.462 e. The monoisotopic (exact) mass is 324 g/mol. The Morgan fingerprint density at radius 2 is 2.09 bits per heavy atom. The Morgan fingerprint density at radius 3 is 2.57 bits per heavy atom. The van der Waals surface area contributed by atoms with Gasteiger partial charge in [-0.05, 0) is 56.3 Å². The standard InChI is InChI=1S/C20H36O3/c1-8-17-13-18(23-16(4)22)10-12-20(17,7)14(2)9-11-19(5,6)15(3)21/h8,14-15,18,21H,9-13H2,1-7H3/b17-8-. The van der Waals surface area contributed by atoms with Crippen LogP contribution >= 0.6 is 0 Å². The highest BCUT2D eigenvalue weighted by Gasteiger charge is 2.40. The van der Waals surface area contributed by atoms with Crippen molar-refractivity contribution < 1.29 is 14.6 Å². The third kappa shape index (κ3) is 5.07. The van der Waals surface area contributed by atoms with Crippen LogP contribution in [0, 0.1) is 16.7 Å². The van der Waals surface area contributed by atoms with E-state index in [1.807, 2.05) is 6.92 Å². The van der Waals surface area contributed by atoms with Crippen molar-refractivity contribution in [2.45, 2.75) is 92.8 Å². The fourth-order valence-corrected chi connectivity index (χ4v) is 3.66. The van der Waals surface area contributed by atoms with E-state index in [9.17, 15) is 9.90 Å². The molecule has 3 heteroatoms. The van der Waals surface area contributed by atoms with Crippen LogP contribution in [0.2, 0.25) is 0 Å². The predicted molar refractivity (Wildman–Crippen MR) is 95.1 cm³/mol. The maximum atomic E-state index is 11.2. The van der Waals surface area contributed by atoms with E-state index in [0.29, 0.717) is 5.92 Å². The largest absolute Gasteiger partial charge is 0.462 e. The van der Waals surface area contributed by atoms with Gasteiger partial charge >= 0.3 is 5.97 Å². The van der Waals surface area contributed by atoms with Crippen LogP contribution < -0.4 is 0 Å². The van der Waals surface area contributed by atoms with Gasteiger partial charge in [-0.3, -0.25) is 4.79 Å². The van der Waals surface area contributed by atoms with Gasteiger partial charge in [0, 0.05) is 13.3 Å². The van der Waals surface area contributed by atoms with Crippen LogP contribution in [0.3, 0.4) is 0 Å². The van der Waals surface area contributed by atoms with Crippen molar-refractivity contribution in [3.8, 4) is 0 Å². The first-order chi connectivity index (χ1) is 10.5. The number of hydrogen-bond donors (Lipinski definition) is 1. The van der Waals surface area contributed by atoms with E-state index in [0.717, 1.165) is 32.1 Å². The molecular formula is C20H36O3. The van der Waals surface area contributed by atoms with Gasteiger partial charge in [0.1, 0.15) is 6.10 Å². The van der Waals surface area contributed by atoms with Crippen molar-refractivity contribution >= 4 is 5.97 Å². The summed E-state index contributed by atoms with van der Waals surface area (Å²) in [5.74, 6) is 0.366. The fraction of sp³-hybridized carbons (Fsp3) is 0.850. The second-order valence-electron chi connectivity index (χ2n) is 8.31. The number of rotatable bonds is 6. The van der Waals surface area contributed by atoms with Crippen molar-refractivity contribution in [2.75, 3.05) is 0 Å². The lowest BCUT2D eigenvalue weighted by Crippen LogP contribution is -2.37. The highest BCUT2D eigenvalue weighted by molar-refractivity contribution is 5.66. The summed E-state index contributed by atoms with van der Waals surface area (Å²) in [4.78, 5) is 11.2. The summed E-state index contributed by atoms with van der Waals surface area (Å²) >= 11 is 0. The maximum absolute atomic E-state index is 11.2. The summed E-state index contributed by atoms with van der Waals surface area (Å²) in [5.41, 5.74) is 1.54. The summed E-state index contributed by atoms with van der Waals surface area (Å²) in [6, 6.07) is 0. The summed E-state index contributed by atoms with van der Waals surface area (Å²) in [7, 11) is 0. The number of hydrogen-bond acceptors (Lipinski definition) is 3. The zero-order valence-electron chi connectivity index (χ0n) is 16.1. The molecule has 1 saturated carbocycles. The molecule has 0 aliphatic heterocycles. The summed E-state index contributed by atoms with van der Waals surface area (Å²) in [6.07, 6.45) is 6.94. The quantitative estimate of drug-likeness (QED) is 0.559. The third-order valence-corrected chi connectivity index (χ3v) is 6.29. The molecule has 1 aliphatic rings. The molecule has 0 aromatic heterocycles. The number of carbonyl (C=O) groups excluding carboxylic acids is 1. The van der Waals surface area contributed by atoms with Gasteiger partial charge in [-0.15, -0.1) is 0 Å². The molecular weight excluding hydrogens is 288 g/mol. The SMILES string of the molecule is C/C=C1/CC(OC(C)=O)CCC1(C)C(C)CCC(C)(C)C(C)O. The van der Waals surface area contributed by atoms with Crippen LogP contribution in [0.15, 0.2) is 11.6 Å². The first-order valence-corrected chi connectivity index (χ1v) is 9.04. The molecule has 0 saturated heterocycles. The Balaban J connectivity index is 2.75. The number of allylic oxidation sites excluding steroid dienone is 1. The molecule has 3 nitrogen and oxygen atoms in total. The lowest BCUT2D eigenvalue weighted by atomic mass is 9.62. The topological polar surface area (TPSA) is 46.5 Å². The smallest absolute Gasteiger partial charge is 0.302 e. The Kier molecular flexibility index (Phi) is 6.88. The summed E-state index contributed by atoms with van der Waals surface area (Å²) in [6.45, 7) is 14.4. The van der Waals surface area contributed by atoms with E-state index in [1.54, 1.807) is 0 Å². The molecule has 0 aromatic rings. The van der Waals surface area contributed by atoms with Crippen molar-refractivity contribution in [1.29, 1.82) is 0 Å². The normalized spacial score (nSPS) is 30.1. The third-order valence-electron chi connectivity index (χ3n) is 6.29. The zero-order valence-corrected chi connectivity index (χ0v) is 16.1. The summed E-state index contributed by atoms with van der Waals surface area (Å²) in [5, 5.41) is 9.92. The van der Waals surface area contributed by atoms with Crippen LogP contribution in [0.5, 0.6) is 0 Å². The van der Waals surface area contributed by atoms with E-state index in [4.69, 9.17) is 4.74 Å². The Bertz CT molecular complexity index is 436. The predicted octanol–water partition coefficient (Wildman–Crippen LogP) is 4.88. The molecule has 0 amide bonds. The van der Waals surface area contributed by atoms with Gasteiger partial charge in [0.15, 0.2) is 0 Å². The maximum Gasteiger partial charge on any atom is 0.302 e. The van der Waals surface area contributed by atoms with Gasteiger partial charge in [-0.2, -0.15) is 0 Å². The van der Waals surface area contributed by atoms with E-state index in [1.165, 1.54) is 12.5 Å². The number of esters is 1. The van der Waals surface area contributed by atoms with Crippen molar-refractivity contribution in [2.24, 2.45) is 16.7 Å². The molecule has 134 valence electrons. The number of aliphatic hydroxyl groups is 1. The first kappa shape index (κ1) is 20.2. The highest BCUT2D eigenvalue weighted by Crippen LogP contribution is 2.49. The van der Waals surface area contributed by atoms with Crippen LogP contribution in [-0.4, -0.2) is 23.3 Å². The second kappa shape index (κ2) is 7.83. The first-order valence-electron chi connectivity index (χ1n) is 9.04. The van der Waals surface area contributed by atoms with Crippen molar-refractivity contribution in [3.63, 3.8) is 0 Å². The molecule has 4 atom stereocenters. The molecule has 1 rings (SSSR count). The number of aliphatic hydroxyl groups excluding tert-OH is 1. The van der Waals surface area contributed by atoms with E-state index >= 15 is 0 Å². The van der Waals surface area contributed by atoms with Crippen molar-refractivity contribution in [1.82, 2.24) is 0 Å². The highest BCUT2D eigenvalue weighted by atomic mass is 16.5. The minimum atomic E-state index is -0.289. The van der Waals surface area contributed by atoms with Gasteiger partial charge in [-0.1, -0.05) is 39.3 Å². The van der Waals surface area contributed by atoms with Crippen LogP contribution in [0.1, 0.15) is 80.6 Å². The van der Waals surface area contributed by atoms with Crippen molar-refractivity contribution in [3.05, 3.63) is 11.6 Å². The Labute approximate surface area is 142 Å². The van der Waals surface area contributed by atoms with Crippen LogP contribution in [0.25, 0.3) is 0 Å². The molecule has 0 spiro atoms. The molecule has 0 heterocycles. The molecule has 0 aromatic carbocycles. The van der Waals surface area contributed by atoms with E-state index in [-0.39, 0.29) is 29.0 Å². The molecule has 23 heavy (non-hydrogen) atoms. The second-order valence-corrected chi connectivity index (χ2v) is 8.31. The van der Waals surface area contributed by atoms with Gasteiger partial charge in [0.2, 0.25) is 0 Å². The van der Waals surface area contributed by atoms with E-state index in [2.05, 4.69) is 40.7 Å². The molecule has 0 radical (unpaired) electrons. The molecule has 0 bridgehead atoms. The number of ether oxygens (including phenoxy) is 1. The van der Waals surface area contributed by atoms with Crippen LogP contribution in [0.4, 0.5) is 0 Å². The molecule has 1 aliphatic carbocycles. The van der Waals surface area contributed by atoms with Gasteiger partial charge < -0.3 is 9.84 Å². The van der Waals surface area contributed by atoms with Gasteiger partial charge in [-0.25, -0.2) is 0 Å². The zero-order chi connectivity index (χ0) is 17.8. The Morgan fingerprint density at radius 1 is 1.48 bits per heavy atom. The minimum absolute atomic E-state index is 0.0351. The lowest BCUT2D eigenvalue weighted by molar-refractivity contribution is -0.147.